The maximum atomic E-state index is 12.8. The summed E-state index contributed by atoms with van der Waals surface area (Å²) in [5.74, 6) is -0.599. The Labute approximate surface area is 228 Å². The van der Waals surface area contributed by atoms with Gasteiger partial charge in [0.15, 0.2) is 17.3 Å². The minimum absolute atomic E-state index is 0.00348. The zero-order chi connectivity index (χ0) is 26.9. The Bertz CT molecular complexity index is 1650. The summed E-state index contributed by atoms with van der Waals surface area (Å²) in [5, 5.41) is 15.6. The number of hydrogen-bond donors (Lipinski definition) is 1. The largest absolute Gasteiger partial charge is 0.490 e. The first-order chi connectivity index (χ1) is 18.3. The molecule has 0 bridgehead atoms. The van der Waals surface area contributed by atoms with Crippen LogP contribution in [-0.4, -0.2) is 42.0 Å². The lowest BCUT2D eigenvalue weighted by molar-refractivity contribution is -0.114. The number of nitrogens with zero attached hydrogens (tertiary/aromatic N) is 3. The van der Waals surface area contributed by atoms with Crippen LogP contribution in [0.4, 0.5) is 0 Å². The zero-order valence-corrected chi connectivity index (χ0v) is 22.2. The first kappa shape index (κ1) is 25.7. The lowest BCUT2D eigenvalue weighted by Crippen LogP contribution is -2.35. The summed E-state index contributed by atoms with van der Waals surface area (Å²) in [4.78, 5) is 16.9. The van der Waals surface area contributed by atoms with Gasteiger partial charge in [0, 0.05) is 5.56 Å². The van der Waals surface area contributed by atoms with Gasteiger partial charge >= 0.3 is 10.1 Å². The van der Waals surface area contributed by atoms with E-state index >= 15 is 0 Å². The predicted octanol–water partition coefficient (Wildman–Crippen LogP) is 5.17. The second-order valence-corrected chi connectivity index (χ2v) is 10.8. The van der Waals surface area contributed by atoms with E-state index in [0.29, 0.717) is 21.2 Å². The molecule has 3 aromatic carbocycles. The van der Waals surface area contributed by atoms with Gasteiger partial charge in [0.2, 0.25) is 5.17 Å². The van der Waals surface area contributed by atoms with Crippen molar-refractivity contribution in [3.05, 3.63) is 94.5 Å². The van der Waals surface area contributed by atoms with Crippen molar-refractivity contribution >= 4 is 61.5 Å². The number of hydrazone groups is 1. The molecule has 2 aliphatic rings. The summed E-state index contributed by atoms with van der Waals surface area (Å²) in [7, 11) is -4.09. The van der Waals surface area contributed by atoms with Crippen molar-refractivity contribution < 1.29 is 22.1 Å². The number of carbonyl (C=O) groups excluding carboxylic acids is 1. The Morgan fingerprint density at radius 3 is 2.53 bits per heavy atom. The molecule has 192 valence electrons. The van der Waals surface area contributed by atoms with Gasteiger partial charge in [0.1, 0.15) is 9.94 Å². The molecule has 1 N–H and O–H groups in total. The second kappa shape index (κ2) is 10.4. The molecule has 3 aromatic rings. The number of halogens is 1. The third kappa shape index (κ3) is 5.08. The van der Waals surface area contributed by atoms with Crippen LogP contribution in [0.3, 0.4) is 0 Å². The fourth-order valence-corrected chi connectivity index (χ4v) is 5.78. The number of rotatable bonds is 7. The van der Waals surface area contributed by atoms with Crippen LogP contribution < -0.4 is 8.92 Å². The van der Waals surface area contributed by atoms with Crippen LogP contribution in [0, 0.1) is 5.41 Å². The fourth-order valence-electron chi connectivity index (χ4n) is 3.61. The maximum Gasteiger partial charge on any atom is 0.339 e. The van der Waals surface area contributed by atoms with Crippen molar-refractivity contribution in [1.82, 2.24) is 5.01 Å². The number of aliphatic imine (C=N–C) groups is 1. The quantitative estimate of drug-likeness (QED) is 0.309. The highest BCUT2D eigenvalue weighted by Gasteiger charge is 2.36. The Kier molecular flexibility index (Phi) is 7.06. The standard InChI is InChI=1S/C26H19ClN4O5S2/c1-2-35-22-15-16(12-13-21(22)36-38(33,34)17-8-4-3-5-9-17)14-19-23(28)31-26(29-24(19)32)37-25(30-31)18-10-6-7-11-20(18)27/h3-15,28H,2H2,1H3/b19-14-,28-23?. The second-order valence-electron chi connectivity index (χ2n) is 7.89. The van der Waals surface area contributed by atoms with Crippen molar-refractivity contribution in [2.45, 2.75) is 11.8 Å². The number of nitrogens with one attached hydrogen (secondary N) is 1. The molecule has 12 heteroatoms. The summed E-state index contributed by atoms with van der Waals surface area (Å²) < 4.78 is 36.3. The molecule has 38 heavy (non-hydrogen) atoms. The van der Waals surface area contributed by atoms with Gasteiger partial charge in [0.05, 0.1) is 17.2 Å². The van der Waals surface area contributed by atoms with E-state index in [1.807, 2.05) is 6.07 Å². The highest BCUT2D eigenvalue weighted by atomic mass is 35.5. The van der Waals surface area contributed by atoms with Crippen molar-refractivity contribution in [2.24, 2.45) is 10.1 Å². The molecule has 0 saturated heterocycles. The first-order valence-electron chi connectivity index (χ1n) is 11.3. The van der Waals surface area contributed by atoms with E-state index in [4.69, 9.17) is 25.9 Å². The van der Waals surface area contributed by atoms with Gasteiger partial charge in [-0.05, 0) is 60.7 Å². The van der Waals surface area contributed by atoms with Gasteiger partial charge in [0.25, 0.3) is 5.91 Å². The van der Waals surface area contributed by atoms with E-state index in [1.165, 1.54) is 35.4 Å². The summed E-state index contributed by atoms with van der Waals surface area (Å²) >= 11 is 7.44. The van der Waals surface area contributed by atoms with E-state index in [2.05, 4.69) is 10.1 Å². The molecule has 0 atom stereocenters. The first-order valence-corrected chi connectivity index (χ1v) is 13.9. The van der Waals surface area contributed by atoms with Crippen molar-refractivity contribution in [3.8, 4) is 11.5 Å². The minimum Gasteiger partial charge on any atom is -0.490 e. The molecule has 2 aliphatic heterocycles. The van der Waals surface area contributed by atoms with Gasteiger partial charge < -0.3 is 8.92 Å². The van der Waals surface area contributed by atoms with E-state index in [0.717, 1.165) is 11.8 Å². The smallest absolute Gasteiger partial charge is 0.339 e. The van der Waals surface area contributed by atoms with Gasteiger partial charge in [-0.1, -0.05) is 54.1 Å². The number of amides is 1. The number of benzene rings is 3. The number of thioether (sulfide) groups is 1. The summed E-state index contributed by atoms with van der Waals surface area (Å²) in [6, 6.07) is 19.4. The number of amidine groups is 2. The summed E-state index contributed by atoms with van der Waals surface area (Å²) in [6.07, 6.45) is 1.47. The number of ether oxygens (including phenoxy) is 1. The average molecular weight is 567 g/mol. The van der Waals surface area contributed by atoms with Crippen LogP contribution in [0.25, 0.3) is 6.08 Å². The van der Waals surface area contributed by atoms with Crippen LogP contribution in [0.5, 0.6) is 11.5 Å². The van der Waals surface area contributed by atoms with Gasteiger partial charge in [-0.25, -0.2) is 0 Å². The van der Waals surface area contributed by atoms with Crippen LogP contribution in [-0.2, 0) is 14.9 Å². The van der Waals surface area contributed by atoms with Crippen molar-refractivity contribution in [3.63, 3.8) is 0 Å². The topological polar surface area (TPSA) is 121 Å². The van der Waals surface area contributed by atoms with Gasteiger partial charge in [-0.15, -0.1) is 0 Å². The van der Waals surface area contributed by atoms with E-state index < -0.39 is 16.0 Å². The molecule has 9 nitrogen and oxygen atoms in total. The monoisotopic (exact) mass is 566 g/mol. The van der Waals surface area contributed by atoms with E-state index in [9.17, 15) is 13.2 Å². The molecular weight excluding hydrogens is 548 g/mol. The number of hydrogen-bond acceptors (Lipinski definition) is 8. The highest BCUT2D eigenvalue weighted by Crippen LogP contribution is 2.35. The summed E-state index contributed by atoms with van der Waals surface area (Å²) in [6.45, 7) is 1.99. The van der Waals surface area contributed by atoms with Gasteiger partial charge in [-0.3, -0.25) is 10.2 Å². The molecule has 0 spiro atoms. The van der Waals surface area contributed by atoms with Crippen LogP contribution in [0.1, 0.15) is 18.1 Å². The van der Waals surface area contributed by atoms with E-state index in [1.54, 1.807) is 49.4 Å². The molecule has 0 fully saturated rings. The molecule has 5 rings (SSSR count). The molecular formula is C26H19ClN4O5S2. The molecule has 0 saturated carbocycles. The van der Waals surface area contributed by atoms with Crippen LogP contribution >= 0.6 is 23.4 Å². The average Bonchev–Trinajstić information content (AvgIpc) is 3.32. The minimum atomic E-state index is -4.09. The number of fused-ring (bicyclic) bond motifs is 1. The zero-order valence-electron chi connectivity index (χ0n) is 19.8. The number of carbonyl (C=O) groups is 1. The van der Waals surface area contributed by atoms with Crippen molar-refractivity contribution in [1.29, 1.82) is 5.41 Å². The highest BCUT2D eigenvalue weighted by molar-refractivity contribution is 8.27. The normalized spacial score (nSPS) is 16.3. The lowest BCUT2D eigenvalue weighted by Gasteiger charge is -2.20. The van der Waals surface area contributed by atoms with Crippen LogP contribution in [0.2, 0.25) is 5.02 Å². The Hall–Kier alpha value is -3.93. The summed E-state index contributed by atoms with van der Waals surface area (Å²) in [5.41, 5.74) is 1.16. The Balaban J connectivity index is 1.45. The third-order valence-electron chi connectivity index (χ3n) is 5.37. The molecule has 0 radical (unpaired) electrons. The Morgan fingerprint density at radius 1 is 1.05 bits per heavy atom. The molecule has 2 heterocycles. The lowest BCUT2D eigenvalue weighted by atomic mass is 10.1. The van der Waals surface area contributed by atoms with Crippen molar-refractivity contribution in [2.75, 3.05) is 6.61 Å². The molecule has 0 aliphatic carbocycles. The van der Waals surface area contributed by atoms with E-state index in [-0.39, 0.29) is 39.6 Å². The fraction of sp³-hybridized carbons (Fsp3) is 0.0769. The Morgan fingerprint density at radius 2 is 1.79 bits per heavy atom. The molecule has 0 aromatic heterocycles. The predicted molar refractivity (Wildman–Crippen MR) is 147 cm³/mol. The molecule has 1 amide bonds. The SMILES string of the molecule is CCOc1cc(/C=C2/C(=N)N3N=C(c4ccccc4Cl)SC3=NC2=O)ccc1OS(=O)(=O)c1ccccc1. The van der Waals surface area contributed by atoms with Crippen LogP contribution in [0.15, 0.2) is 93.4 Å². The maximum absolute atomic E-state index is 12.8. The third-order valence-corrected chi connectivity index (χ3v) is 7.89. The van der Waals surface area contributed by atoms with Gasteiger partial charge in [-0.2, -0.15) is 23.5 Å². The molecule has 0 unspecified atom stereocenters.